The summed E-state index contributed by atoms with van der Waals surface area (Å²) in [6.07, 6.45) is 28.0. The highest BCUT2D eigenvalue weighted by Crippen LogP contribution is 2.46. The lowest BCUT2D eigenvalue weighted by Gasteiger charge is -2.30. The Morgan fingerprint density at radius 1 is 0.939 bits per heavy atom. The van der Waals surface area contributed by atoms with Crippen LogP contribution in [0.15, 0.2) is 109 Å². The summed E-state index contributed by atoms with van der Waals surface area (Å²) in [7, 11) is 0. The Morgan fingerprint density at radius 2 is 1.73 bits per heavy atom. The largest absolute Gasteiger partial charge is 0.336 e. The summed E-state index contributed by atoms with van der Waals surface area (Å²) in [4.78, 5) is 0. The van der Waals surface area contributed by atoms with Gasteiger partial charge in [-0.1, -0.05) is 92.8 Å². The molecule has 0 spiro atoms. The lowest BCUT2D eigenvalue weighted by Crippen LogP contribution is -2.18. The van der Waals surface area contributed by atoms with E-state index in [1.165, 1.54) is 61.5 Å². The van der Waals surface area contributed by atoms with Gasteiger partial charge in [0.05, 0.1) is 29.3 Å². The van der Waals surface area contributed by atoms with Gasteiger partial charge in [0.15, 0.2) is 0 Å². The van der Waals surface area contributed by atoms with Gasteiger partial charge in [-0.15, -0.1) is 0 Å². The number of aryl methyl sites for hydroxylation is 1. The van der Waals surface area contributed by atoms with Crippen LogP contribution in [0.25, 0.3) is 34.8 Å². The molecule has 0 saturated heterocycles. The van der Waals surface area contributed by atoms with Crippen molar-refractivity contribution in [1.82, 2.24) is 9.13 Å². The molecule has 2 aromatic heterocycles. The van der Waals surface area contributed by atoms with Gasteiger partial charge in [0.25, 0.3) is 0 Å². The Kier molecular flexibility index (Phi) is 8.03. The lowest BCUT2D eigenvalue weighted by molar-refractivity contribution is 0.558. The summed E-state index contributed by atoms with van der Waals surface area (Å²) < 4.78 is 4.89. The average molecular weight is 637 g/mol. The van der Waals surface area contributed by atoms with Crippen LogP contribution in [0, 0.1) is 22.7 Å². The van der Waals surface area contributed by atoms with Crippen LogP contribution >= 0.6 is 0 Å². The van der Waals surface area contributed by atoms with Gasteiger partial charge in [-0.3, -0.25) is 0 Å². The minimum atomic E-state index is -0.0206. The Hall–Kier alpha value is -5.58. The van der Waals surface area contributed by atoms with Crippen molar-refractivity contribution < 1.29 is 0 Å². The molecule has 2 aromatic carbocycles. The molecule has 3 atom stereocenters. The van der Waals surface area contributed by atoms with Gasteiger partial charge in [0.2, 0.25) is 0 Å². The van der Waals surface area contributed by atoms with Gasteiger partial charge in [-0.2, -0.15) is 10.5 Å². The molecule has 0 radical (unpaired) electrons. The van der Waals surface area contributed by atoms with E-state index in [-0.39, 0.29) is 17.9 Å². The minimum absolute atomic E-state index is 0.0206. The summed E-state index contributed by atoms with van der Waals surface area (Å²) in [6, 6.07) is 22.7. The third-order valence-electron chi connectivity index (χ3n) is 10.9. The maximum absolute atomic E-state index is 10.1. The lowest BCUT2D eigenvalue weighted by atomic mass is 9.78. The van der Waals surface area contributed by atoms with E-state index in [2.05, 4.69) is 126 Å². The summed E-state index contributed by atoms with van der Waals surface area (Å²) in [5, 5.41) is 21.3. The molecule has 0 aliphatic heterocycles. The average Bonchev–Trinajstić information content (AvgIpc) is 3.66. The first-order valence-corrected chi connectivity index (χ1v) is 17.7. The molecule has 0 saturated carbocycles. The first-order chi connectivity index (χ1) is 24.2. The fourth-order valence-corrected chi connectivity index (χ4v) is 8.81. The number of benzene rings is 2. The highest BCUT2D eigenvalue weighted by molar-refractivity contribution is 5.92. The van der Waals surface area contributed by atoms with E-state index in [0.717, 1.165) is 56.1 Å². The molecule has 2 unspecified atom stereocenters. The maximum atomic E-state index is 10.1. The van der Waals surface area contributed by atoms with Crippen LogP contribution in [0.2, 0.25) is 0 Å². The normalized spacial score (nSPS) is 20.9. The Bertz CT molecular complexity index is 2280. The Balaban J connectivity index is 1.23. The number of hydrogen-bond donors (Lipinski definition) is 0. The zero-order chi connectivity index (χ0) is 33.5. The number of aromatic nitrogens is 2. The van der Waals surface area contributed by atoms with E-state index < -0.39 is 0 Å². The summed E-state index contributed by atoms with van der Waals surface area (Å²) in [5.74, 6) is 0.366. The number of hydrogen-bond acceptors (Lipinski definition) is 2. The van der Waals surface area contributed by atoms with Crippen LogP contribution in [0.4, 0.5) is 0 Å². The third kappa shape index (κ3) is 5.03. The van der Waals surface area contributed by atoms with Gasteiger partial charge in [-0.05, 0) is 97.2 Å². The molecule has 8 rings (SSSR count). The van der Waals surface area contributed by atoms with E-state index >= 15 is 0 Å². The summed E-state index contributed by atoms with van der Waals surface area (Å²) >= 11 is 0. The van der Waals surface area contributed by atoms with Crippen molar-refractivity contribution in [3.63, 3.8) is 0 Å². The number of nitrogens with zero attached hydrogens (tertiary/aromatic N) is 4. The van der Waals surface area contributed by atoms with Crippen molar-refractivity contribution in [3.05, 3.63) is 154 Å². The number of fused-ring (bicyclic) bond motifs is 4. The summed E-state index contributed by atoms with van der Waals surface area (Å²) in [5.41, 5.74) is 14.4. The fraction of sp³-hybridized carbons (Fsp3) is 0.244. The monoisotopic (exact) mass is 636 g/mol. The molecule has 0 bridgehead atoms. The molecule has 4 aliphatic carbocycles. The smallest absolute Gasteiger partial charge is 0.0969 e. The van der Waals surface area contributed by atoms with Crippen molar-refractivity contribution in [2.75, 3.05) is 0 Å². The highest BCUT2D eigenvalue weighted by atomic mass is 15.0. The van der Waals surface area contributed by atoms with E-state index in [1.807, 2.05) is 18.2 Å². The van der Waals surface area contributed by atoms with Crippen LogP contribution in [0.5, 0.6) is 0 Å². The molecule has 2 heterocycles. The topological polar surface area (TPSA) is 57.4 Å². The van der Waals surface area contributed by atoms with Crippen molar-refractivity contribution in [2.45, 2.75) is 69.7 Å². The van der Waals surface area contributed by atoms with Crippen molar-refractivity contribution in [2.24, 2.45) is 0 Å². The predicted molar refractivity (Wildman–Crippen MR) is 202 cm³/mol. The maximum Gasteiger partial charge on any atom is 0.0969 e. The van der Waals surface area contributed by atoms with Gasteiger partial charge in [0, 0.05) is 51.1 Å². The molecule has 4 nitrogen and oxygen atoms in total. The second-order valence-electron chi connectivity index (χ2n) is 13.6. The van der Waals surface area contributed by atoms with Crippen LogP contribution in [0.3, 0.4) is 0 Å². The zero-order valence-electron chi connectivity index (χ0n) is 28.1. The van der Waals surface area contributed by atoms with E-state index in [0.29, 0.717) is 0 Å². The second-order valence-corrected chi connectivity index (χ2v) is 13.6. The molecule has 49 heavy (non-hydrogen) atoms. The molecular formula is C45H40N4. The van der Waals surface area contributed by atoms with Crippen LogP contribution in [0.1, 0.15) is 95.4 Å². The number of para-hydroxylation sites is 1. The molecule has 0 N–H and O–H groups in total. The fourth-order valence-electron chi connectivity index (χ4n) is 8.81. The van der Waals surface area contributed by atoms with Crippen LogP contribution < -0.4 is 0 Å². The Morgan fingerprint density at radius 3 is 2.55 bits per heavy atom. The predicted octanol–water partition coefficient (Wildman–Crippen LogP) is 10.8. The molecule has 4 aromatic rings. The quantitative estimate of drug-likeness (QED) is 0.203. The zero-order valence-corrected chi connectivity index (χ0v) is 28.1. The first kappa shape index (κ1) is 30.7. The van der Waals surface area contributed by atoms with E-state index in [9.17, 15) is 10.5 Å². The molecule has 240 valence electrons. The highest BCUT2D eigenvalue weighted by Gasteiger charge is 2.34. The number of allylic oxidation sites excluding steroid dienone is 10. The number of rotatable bonds is 7. The van der Waals surface area contributed by atoms with Crippen LogP contribution in [-0.4, -0.2) is 9.13 Å². The van der Waals surface area contributed by atoms with Crippen molar-refractivity contribution >= 4 is 34.8 Å². The van der Waals surface area contributed by atoms with Gasteiger partial charge in [0.1, 0.15) is 0 Å². The molecule has 0 amide bonds. The first-order valence-electron chi connectivity index (χ1n) is 17.7. The molecule has 4 aliphatic rings. The van der Waals surface area contributed by atoms with Crippen LogP contribution in [-0.2, 0) is 19.3 Å². The van der Waals surface area contributed by atoms with Gasteiger partial charge < -0.3 is 9.13 Å². The van der Waals surface area contributed by atoms with Crippen molar-refractivity contribution in [1.29, 1.82) is 10.5 Å². The number of nitriles is 2. The third-order valence-corrected chi connectivity index (χ3v) is 10.9. The minimum Gasteiger partial charge on any atom is -0.336 e. The van der Waals surface area contributed by atoms with Gasteiger partial charge in [-0.25, -0.2) is 0 Å². The molecule has 4 heteroatoms. The molecule has 0 fully saturated rings. The SMILES string of the molecule is C=Cc1c(CCC)c2ccccc2n1C1=CC=CCC1c1ccccc1[C@@H]1C=Cc2c(c3c(n2C2CC=CC=C2C#N)CCC(C#N)=C3)C1. The van der Waals surface area contributed by atoms with Crippen molar-refractivity contribution in [3.8, 4) is 12.1 Å². The van der Waals surface area contributed by atoms with Gasteiger partial charge >= 0.3 is 0 Å². The van der Waals surface area contributed by atoms with E-state index in [4.69, 9.17) is 0 Å². The Labute approximate surface area is 289 Å². The molecular weight excluding hydrogens is 597 g/mol. The summed E-state index contributed by atoms with van der Waals surface area (Å²) in [6.45, 7) is 6.55. The second kappa shape index (κ2) is 12.8. The standard InChI is InChI=1S/C45H40N4/c1-3-13-35-37-18-9-12-21-43(37)48(40(35)4-2)42-20-11-8-17-36(42)34-16-7-6-15-33(34)31-23-25-45-39(27-31)38-26-30(28-46)22-24-44(38)49(45)41-19-10-5-14-32(41)29-47/h4-12,14-16,18,20-21,23,25-26,31,36,41H,2-3,13,17,19,22,24,27H2,1H3/t31-,36?,41?/m1/s1. The van der Waals surface area contributed by atoms with E-state index in [1.54, 1.807) is 0 Å².